The van der Waals surface area contributed by atoms with E-state index in [9.17, 15) is 9.59 Å². The highest BCUT2D eigenvalue weighted by molar-refractivity contribution is 6.31. The third-order valence-electron chi connectivity index (χ3n) is 4.93. The van der Waals surface area contributed by atoms with E-state index in [2.05, 4.69) is 20.2 Å². The van der Waals surface area contributed by atoms with Gasteiger partial charge in [0.15, 0.2) is 0 Å². The highest BCUT2D eigenvalue weighted by Gasteiger charge is 2.27. The minimum absolute atomic E-state index is 0.257. The number of fused-ring (bicyclic) bond motifs is 3. The van der Waals surface area contributed by atoms with Crippen molar-refractivity contribution < 1.29 is 14.7 Å². The summed E-state index contributed by atoms with van der Waals surface area (Å²) in [6.45, 7) is 2.06. The van der Waals surface area contributed by atoms with Gasteiger partial charge < -0.3 is 10.4 Å². The Labute approximate surface area is 172 Å². The van der Waals surface area contributed by atoms with Crippen molar-refractivity contribution in [3.8, 4) is 5.69 Å². The topological polar surface area (TPSA) is 96.2 Å². The summed E-state index contributed by atoms with van der Waals surface area (Å²) in [6.07, 6.45) is 1.81. The summed E-state index contributed by atoms with van der Waals surface area (Å²) < 4.78 is 2.05. The fraction of sp³-hybridized carbons (Fsp3) is 0.190. The van der Waals surface area contributed by atoms with E-state index in [1.54, 1.807) is 12.1 Å². The molecule has 8 heteroatoms. The number of hydrogen-bond acceptors (Lipinski definition) is 4. The third-order valence-corrected chi connectivity index (χ3v) is 5.28. The Hall–Kier alpha value is -3.16. The first kappa shape index (κ1) is 19.2. The molecule has 0 spiro atoms. The van der Waals surface area contributed by atoms with Gasteiger partial charge >= 0.3 is 5.97 Å². The van der Waals surface area contributed by atoms with Gasteiger partial charge in [-0.15, -0.1) is 0 Å². The van der Waals surface area contributed by atoms with E-state index in [4.69, 9.17) is 16.7 Å². The fourth-order valence-corrected chi connectivity index (χ4v) is 3.86. The van der Waals surface area contributed by atoms with Crippen molar-refractivity contribution in [3.63, 3.8) is 0 Å². The van der Waals surface area contributed by atoms with E-state index in [1.807, 2.05) is 43.5 Å². The fourth-order valence-electron chi connectivity index (χ4n) is 3.62. The molecule has 1 atom stereocenters. The monoisotopic (exact) mass is 410 g/mol. The predicted molar refractivity (Wildman–Crippen MR) is 108 cm³/mol. The molecule has 2 heterocycles. The second-order valence-corrected chi connectivity index (χ2v) is 7.24. The van der Waals surface area contributed by atoms with Gasteiger partial charge in [-0.1, -0.05) is 29.8 Å². The highest BCUT2D eigenvalue weighted by atomic mass is 35.5. The summed E-state index contributed by atoms with van der Waals surface area (Å²) in [6, 6.07) is 12.6. The van der Waals surface area contributed by atoms with Crippen LogP contribution in [0, 0.1) is 6.92 Å². The number of amides is 1. The van der Waals surface area contributed by atoms with Crippen LogP contribution in [-0.2, 0) is 11.3 Å². The zero-order valence-corrected chi connectivity index (χ0v) is 16.4. The Bertz CT molecular complexity index is 1110. The first-order valence-electron chi connectivity index (χ1n) is 9.11. The van der Waals surface area contributed by atoms with Crippen molar-refractivity contribution in [1.82, 2.24) is 20.2 Å². The van der Waals surface area contributed by atoms with Crippen LogP contribution in [0.4, 0.5) is 0 Å². The van der Waals surface area contributed by atoms with Crippen LogP contribution < -0.4 is 10.6 Å². The molecule has 0 radical (unpaired) electrons. The lowest BCUT2D eigenvalue weighted by molar-refractivity contribution is -0.135. The minimum atomic E-state index is -1.09. The van der Waals surface area contributed by atoms with Gasteiger partial charge in [-0.25, -0.2) is 4.98 Å². The maximum atomic E-state index is 12.5. The summed E-state index contributed by atoms with van der Waals surface area (Å²) in [5.41, 5.74) is 4.01. The number of hydrogen-bond donors (Lipinski definition) is 3. The van der Waals surface area contributed by atoms with Crippen LogP contribution in [0.1, 0.15) is 39.0 Å². The van der Waals surface area contributed by atoms with E-state index in [0.29, 0.717) is 17.1 Å². The van der Waals surface area contributed by atoms with Gasteiger partial charge in [0.25, 0.3) is 5.91 Å². The zero-order valence-electron chi connectivity index (χ0n) is 15.6. The smallest absolute Gasteiger partial charge is 0.322 e. The van der Waals surface area contributed by atoms with E-state index >= 15 is 0 Å². The molecule has 4 rings (SSSR count). The zero-order chi connectivity index (χ0) is 20.5. The normalized spacial score (nSPS) is 15.2. The first-order chi connectivity index (χ1) is 14.0. The van der Waals surface area contributed by atoms with Crippen LogP contribution in [0.2, 0.25) is 5.02 Å². The summed E-state index contributed by atoms with van der Waals surface area (Å²) in [5, 5.41) is 15.3. The van der Waals surface area contributed by atoms with Crippen molar-refractivity contribution >= 4 is 23.5 Å². The summed E-state index contributed by atoms with van der Waals surface area (Å²) in [5.74, 6) is -0.677. The Morgan fingerprint density at radius 1 is 1.28 bits per heavy atom. The van der Waals surface area contributed by atoms with Crippen molar-refractivity contribution in [3.05, 3.63) is 81.9 Å². The number of carbonyl (C=O) groups is 2. The summed E-state index contributed by atoms with van der Waals surface area (Å²) in [4.78, 5) is 27.7. The quantitative estimate of drug-likeness (QED) is 0.614. The van der Waals surface area contributed by atoms with Crippen molar-refractivity contribution in [2.45, 2.75) is 19.5 Å². The molecule has 148 valence electrons. The molecule has 2 aromatic carbocycles. The van der Waals surface area contributed by atoms with Gasteiger partial charge in [-0.05, 0) is 42.3 Å². The molecule has 1 aliphatic heterocycles. The minimum Gasteiger partial charge on any atom is -0.480 e. The molecule has 7 nitrogen and oxygen atoms in total. The Kier molecular flexibility index (Phi) is 5.08. The first-order valence-corrected chi connectivity index (χ1v) is 9.49. The van der Waals surface area contributed by atoms with Gasteiger partial charge in [0.1, 0.15) is 12.4 Å². The molecule has 1 aromatic heterocycles. The maximum Gasteiger partial charge on any atom is 0.322 e. The van der Waals surface area contributed by atoms with E-state index in [1.165, 1.54) is 0 Å². The molecule has 29 heavy (non-hydrogen) atoms. The Morgan fingerprint density at radius 2 is 2.07 bits per heavy atom. The van der Waals surface area contributed by atoms with E-state index < -0.39 is 18.4 Å². The third kappa shape index (κ3) is 3.62. The van der Waals surface area contributed by atoms with Crippen molar-refractivity contribution in [2.75, 3.05) is 6.54 Å². The average molecular weight is 411 g/mol. The number of carboxylic acid groups (broad SMARTS) is 1. The predicted octanol–water partition coefficient (Wildman–Crippen LogP) is 2.84. The number of aliphatic carboxylic acids is 1. The summed E-state index contributed by atoms with van der Waals surface area (Å²) >= 11 is 6.47. The van der Waals surface area contributed by atoms with Crippen LogP contribution in [-0.4, -0.2) is 33.1 Å². The molecule has 0 saturated heterocycles. The standard InChI is InChI=1S/C21H19ClN4O3/c1-12-9-23-18-10-24-20(14-4-2-3-5-16(14)22)15-8-13(6-7-17(15)26(12)18)21(29)25-11-19(27)28/h2-9,20,24H,10-11H2,1H3,(H,25,29)(H,27,28). The largest absolute Gasteiger partial charge is 0.480 e. The van der Waals surface area contributed by atoms with Crippen LogP contribution >= 0.6 is 11.6 Å². The number of aromatic nitrogens is 2. The molecular formula is C21H19ClN4O3. The number of benzene rings is 2. The molecule has 3 aromatic rings. The molecular weight excluding hydrogens is 392 g/mol. The van der Waals surface area contributed by atoms with E-state index in [0.717, 1.165) is 28.3 Å². The Balaban J connectivity index is 1.85. The van der Waals surface area contributed by atoms with Gasteiger partial charge in [-0.3, -0.25) is 19.5 Å². The molecule has 0 bridgehead atoms. The second kappa shape index (κ2) is 7.69. The number of aryl methyl sites for hydroxylation is 1. The van der Waals surface area contributed by atoms with Gasteiger partial charge in [0, 0.05) is 22.5 Å². The number of rotatable bonds is 4. The van der Waals surface area contributed by atoms with Crippen LogP contribution in [0.5, 0.6) is 0 Å². The van der Waals surface area contributed by atoms with Crippen LogP contribution in [0.15, 0.2) is 48.7 Å². The number of carboxylic acids is 1. The lowest BCUT2D eigenvalue weighted by Gasteiger charge is -2.21. The number of carbonyl (C=O) groups excluding carboxylic acids is 1. The molecule has 3 N–H and O–H groups in total. The lowest BCUT2D eigenvalue weighted by atomic mass is 9.95. The SMILES string of the molecule is Cc1cnc2n1-c1ccc(C(=O)NCC(=O)O)cc1C(c1ccccc1Cl)NC2. The van der Waals surface area contributed by atoms with Gasteiger partial charge in [0.05, 0.1) is 18.3 Å². The van der Waals surface area contributed by atoms with Crippen molar-refractivity contribution in [1.29, 1.82) is 0 Å². The molecule has 0 aliphatic carbocycles. The molecule has 1 unspecified atom stereocenters. The van der Waals surface area contributed by atoms with Gasteiger partial charge in [0.2, 0.25) is 0 Å². The number of imidazole rings is 1. The molecule has 1 amide bonds. The molecule has 0 fully saturated rings. The highest BCUT2D eigenvalue weighted by Crippen LogP contribution is 2.35. The number of nitrogens with zero attached hydrogens (tertiary/aromatic N) is 2. The van der Waals surface area contributed by atoms with Crippen LogP contribution in [0.3, 0.4) is 0 Å². The lowest BCUT2D eigenvalue weighted by Crippen LogP contribution is -2.29. The van der Waals surface area contributed by atoms with Crippen molar-refractivity contribution in [2.24, 2.45) is 0 Å². The van der Waals surface area contributed by atoms with Gasteiger partial charge in [-0.2, -0.15) is 0 Å². The number of halogens is 1. The summed E-state index contributed by atoms with van der Waals surface area (Å²) in [7, 11) is 0. The number of nitrogens with one attached hydrogen (secondary N) is 2. The second-order valence-electron chi connectivity index (χ2n) is 6.84. The average Bonchev–Trinajstić information content (AvgIpc) is 2.99. The van der Waals surface area contributed by atoms with E-state index in [-0.39, 0.29) is 6.04 Å². The molecule has 0 saturated carbocycles. The van der Waals surface area contributed by atoms with Crippen LogP contribution in [0.25, 0.3) is 5.69 Å². The molecule has 1 aliphatic rings. The maximum absolute atomic E-state index is 12.5. The Morgan fingerprint density at radius 3 is 2.83 bits per heavy atom.